The van der Waals surface area contributed by atoms with Crippen LogP contribution >= 0.6 is 0 Å². The first-order valence-corrected chi connectivity index (χ1v) is 4.96. The molecule has 15 heavy (non-hydrogen) atoms. The number of hydrogen-bond donors (Lipinski definition) is 2. The fraction of sp³-hybridized carbons (Fsp3) is 0.556. The van der Waals surface area contributed by atoms with E-state index in [1.807, 2.05) is 0 Å². The summed E-state index contributed by atoms with van der Waals surface area (Å²) in [5, 5.41) is 6.21. The number of rotatable bonds is 2. The van der Waals surface area contributed by atoms with Gasteiger partial charge in [0, 0.05) is 7.05 Å². The maximum absolute atomic E-state index is 4.34. The predicted molar refractivity (Wildman–Crippen MR) is 61.9 cm³/mol. The van der Waals surface area contributed by atoms with Crippen LogP contribution in [0.15, 0.2) is 20.0 Å². The summed E-state index contributed by atoms with van der Waals surface area (Å²) in [6.07, 6.45) is 4.27. The molecule has 0 fully saturated rings. The largest absolute Gasteiger partial charge is 0.347 e. The fourth-order valence-electron chi connectivity index (χ4n) is 1.35. The molecule has 0 aliphatic carbocycles. The highest BCUT2D eigenvalue weighted by molar-refractivity contribution is 6.32. The Kier molecular flexibility index (Phi) is 2.75. The van der Waals surface area contributed by atoms with E-state index in [2.05, 4.69) is 37.5 Å². The van der Waals surface area contributed by atoms with Crippen LogP contribution in [0.5, 0.6) is 0 Å². The molecular weight excluding hydrogens is 192 g/mol. The lowest BCUT2D eigenvalue weighted by atomic mass is 10.4. The van der Waals surface area contributed by atoms with Crippen molar-refractivity contribution in [1.82, 2.24) is 10.6 Å². The standard InChI is InChI=1S/C9H14N6/c1-3-6-11-5-8(13-6)15-9-12-4-7(10-2)14-9/h4-6,9H,3H2,1-2H3,(H,10,14)(H,13,15). The molecule has 6 heteroatoms. The first kappa shape index (κ1) is 9.82. The number of nitrogens with one attached hydrogen (secondary N) is 2. The quantitative estimate of drug-likeness (QED) is 0.655. The monoisotopic (exact) mass is 206 g/mol. The van der Waals surface area contributed by atoms with Crippen molar-refractivity contribution in [3.63, 3.8) is 0 Å². The second kappa shape index (κ2) is 4.20. The molecule has 0 saturated heterocycles. The van der Waals surface area contributed by atoms with Gasteiger partial charge in [0.1, 0.15) is 17.8 Å². The van der Waals surface area contributed by atoms with Gasteiger partial charge in [0.15, 0.2) is 0 Å². The zero-order valence-electron chi connectivity index (χ0n) is 8.81. The molecule has 6 nitrogen and oxygen atoms in total. The minimum Gasteiger partial charge on any atom is -0.347 e. The molecule has 80 valence electrons. The molecule has 2 heterocycles. The molecule has 2 unspecified atom stereocenters. The molecule has 2 N–H and O–H groups in total. The predicted octanol–water partition coefficient (Wildman–Crippen LogP) is -0.219. The highest BCUT2D eigenvalue weighted by atomic mass is 15.3. The Morgan fingerprint density at radius 1 is 1.27 bits per heavy atom. The van der Waals surface area contributed by atoms with E-state index in [4.69, 9.17) is 0 Å². The Bertz CT molecular complexity index is 354. The van der Waals surface area contributed by atoms with Crippen molar-refractivity contribution < 1.29 is 0 Å². The molecule has 0 bridgehead atoms. The van der Waals surface area contributed by atoms with E-state index < -0.39 is 0 Å². The molecule has 0 amide bonds. The third-order valence-corrected chi connectivity index (χ3v) is 2.20. The van der Waals surface area contributed by atoms with Crippen LogP contribution < -0.4 is 10.6 Å². The summed E-state index contributed by atoms with van der Waals surface area (Å²) in [7, 11) is 1.71. The molecule has 0 aromatic carbocycles. The van der Waals surface area contributed by atoms with Crippen LogP contribution in [0, 0.1) is 0 Å². The van der Waals surface area contributed by atoms with Crippen LogP contribution in [0.1, 0.15) is 13.3 Å². The summed E-state index contributed by atoms with van der Waals surface area (Å²) in [5.41, 5.74) is 0. The maximum atomic E-state index is 4.34. The SMILES string of the molecule is CCC1N=CC(=NC2N=CC(=NC)N2)N1. The van der Waals surface area contributed by atoms with Gasteiger partial charge in [-0.1, -0.05) is 6.92 Å². The minimum absolute atomic E-state index is 0.161. The summed E-state index contributed by atoms with van der Waals surface area (Å²) in [4.78, 5) is 16.7. The van der Waals surface area contributed by atoms with Crippen molar-refractivity contribution in [2.24, 2.45) is 20.0 Å². The summed E-state index contributed by atoms with van der Waals surface area (Å²) < 4.78 is 0. The van der Waals surface area contributed by atoms with Crippen molar-refractivity contribution in [3.05, 3.63) is 0 Å². The average molecular weight is 206 g/mol. The van der Waals surface area contributed by atoms with E-state index >= 15 is 0 Å². The van der Waals surface area contributed by atoms with Crippen LogP contribution in [0.25, 0.3) is 0 Å². The zero-order valence-corrected chi connectivity index (χ0v) is 8.81. The fourth-order valence-corrected chi connectivity index (χ4v) is 1.35. The van der Waals surface area contributed by atoms with Gasteiger partial charge in [0.2, 0.25) is 6.29 Å². The van der Waals surface area contributed by atoms with E-state index in [0.717, 1.165) is 18.1 Å². The first-order valence-electron chi connectivity index (χ1n) is 4.96. The van der Waals surface area contributed by atoms with Crippen LogP contribution in [-0.2, 0) is 0 Å². The van der Waals surface area contributed by atoms with Crippen molar-refractivity contribution in [3.8, 4) is 0 Å². The molecule has 2 aliphatic rings. The van der Waals surface area contributed by atoms with Crippen molar-refractivity contribution in [1.29, 1.82) is 0 Å². The normalized spacial score (nSPS) is 33.7. The lowest BCUT2D eigenvalue weighted by molar-refractivity contribution is 0.627. The van der Waals surface area contributed by atoms with Gasteiger partial charge in [0.25, 0.3) is 0 Å². The summed E-state index contributed by atoms with van der Waals surface area (Å²) in [5.74, 6) is 1.53. The topological polar surface area (TPSA) is 73.5 Å². The smallest absolute Gasteiger partial charge is 0.217 e. The maximum Gasteiger partial charge on any atom is 0.217 e. The lowest BCUT2D eigenvalue weighted by Gasteiger charge is -2.07. The molecular formula is C9H14N6. The summed E-state index contributed by atoms with van der Waals surface area (Å²) in [6, 6.07) is 0. The van der Waals surface area contributed by atoms with Crippen LogP contribution in [0.3, 0.4) is 0 Å². The van der Waals surface area contributed by atoms with Crippen molar-refractivity contribution in [2.75, 3.05) is 7.05 Å². The van der Waals surface area contributed by atoms with Gasteiger partial charge in [-0.05, 0) is 6.42 Å². The van der Waals surface area contributed by atoms with E-state index in [9.17, 15) is 0 Å². The number of amidine groups is 2. The van der Waals surface area contributed by atoms with Gasteiger partial charge in [-0.15, -0.1) is 0 Å². The molecule has 0 spiro atoms. The third-order valence-electron chi connectivity index (χ3n) is 2.20. The number of nitrogens with zero attached hydrogens (tertiary/aromatic N) is 4. The highest BCUT2D eigenvalue weighted by Gasteiger charge is 2.16. The minimum atomic E-state index is -0.270. The van der Waals surface area contributed by atoms with Gasteiger partial charge in [-0.25, -0.2) is 9.98 Å². The Hall–Kier alpha value is -1.72. The average Bonchev–Trinajstić information content (AvgIpc) is 2.87. The van der Waals surface area contributed by atoms with Gasteiger partial charge < -0.3 is 10.6 Å². The van der Waals surface area contributed by atoms with Crippen molar-refractivity contribution in [2.45, 2.75) is 25.8 Å². The molecule has 0 radical (unpaired) electrons. The van der Waals surface area contributed by atoms with Gasteiger partial charge in [-0.3, -0.25) is 9.98 Å². The second-order valence-electron chi connectivity index (χ2n) is 3.27. The highest BCUT2D eigenvalue weighted by Crippen LogP contribution is 2.01. The number of hydrogen-bond acceptors (Lipinski definition) is 4. The Morgan fingerprint density at radius 3 is 2.67 bits per heavy atom. The Morgan fingerprint density at radius 2 is 2.07 bits per heavy atom. The van der Waals surface area contributed by atoms with Gasteiger partial charge in [0.05, 0.1) is 12.4 Å². The number of aliphatic imine (C=N–C) groups is 4. The van der Waals surface area contributed by atoms with E-state index in [1.165, 1.54) is 0 Å². The molecule has 0 aromatic heterocycles. The molecule has 2 atom stereocenters. The molecule has 2 aliphatic heterocycles. The van der Waals surface area contributed by atoms with Crippen LogP contribution in [0.2, 0.25) is 0 Å². The van der Waals surface area contributed by atoms with Crippen LogP contribution in [0.4, 0.5) is 0 Å². The van der Waals surface area contributed by atoms with E-state index in [0.29, 0.717) is 0 Å². The Balaban J connectivity index is 1.96. The Labute approximate surface area is 88.3 Å². The van der Waals surface area contributed by atoms with Crippen molar-refractivity contribution >= 4 is 24.1 Å². The molecule has 0 aromatic rings. The van der Waals surface area contributed by atoms with Gasteiger partial charge in [-0.2, -0.15) is 0 Å². The van der Waals surface area contributed by atoms with Crippen LogP contribution in [-0.4, -0.2) is 43.6 Å². The van der Waals surface area contributed by atoms with E-state index in [1.54, 1.807) is 19.5 Å². The zero-order chi connectivity index (χ0) is 10.7. The lowest BCUT2D eigenvalue weighted by Crippen LogP contribution is -2.31. The molecule has 0 saturated carbocycles. The summed E-state index contributed by atoms with van der Waals surface area (Å²) in [6.45, 7) is 2.08. The second-order valence-corrected chi connectivity index (χ2v) is 3.27. The van der Waals surface area contributed by atoms with E-state index in [-0.39, 0.29) is 12.5 Å². The summed E-state index contributed by atoms with van der Waals surface area (Å²) >= 11 is 0. The third kappa shape index (κ3) is 2.20. The first-order chi connectivity index (χ1) is 7.31. The molecule has 2 rings (SSSR count). The van der Waals surface area contributed by atoms with Gasteiger partial charge >= 0.3 is 0 Å².